The van der Waals surface area contributed by atoms with Crippen LogP contribution in [0.1, 0.15) is 31.9 Å². The minimum absolute atomic E-state index is 0.0917. The van der Waals surface area contributed by atoms with Crippen molar-refractivity contribution >= 4 is 14.2 Å². The lowest BCUT2D eigenvalue weighted by molar-refractivity contribution is 0.425. The lowest BCUT2D eigenvalue weighted by Gasteiger charge is -2.33. The van der Waals surface area contributed by atoms with Crippen molar-refractivity contribution in [1.29, 1.82) is 0 Å². The molecule has 0 bridgehead atoms. The van der Waals surface area contributed by atoms with E-state index in [0.29, 0.717) is 0 Å². The van der Waals surface area contributed by atoms with Crippen LogP contribution in [0, 0.1) is 0 Å². The predicted molar refractivity (Wildman–Crippen MR) is 79.6 cm³/mol. The van der Waals surface area contributed by atoms with Crippen molar-refractivity contribution < 1.29 is 4.43 Å². The fraction of sp³-hybridized carbons (Fsp3) is 0.467. The summed E-state index contributed by atoms with van der Waals surface area (Å²) in [5.41, 5.74) is 2.72. The normalized spacial score (nSPS) is 15.3. The molecule has 1 aromatic carbocycles. The highest BCUT2D eigenvalue weighted by atomic mass is 28.4. The van der Waals surface area contributed by atoms with Gasteiger partial charge in [-0.1, -0.05) is 24.3 Å². The lowest BCUT2D eigenvalue weighted by atomic mass is 10.1. The standard InChI is InChI=1S/C15H23NOSi/c1-15(2,3)16-18(4,5)17-14-11-10-12-8-6-7-9-13(12)14/h6-9,11,16H,10H2,1-5H3. The van der Waals surface area contributed by atoms with E-state index in [4.69, 9.17) is 4.43 Å². The topological polar surface area (TPSA) is 21.3 Å². The number of benzene rings is 1. The van der Waals surface area contributed by atoms with Crippen LogP contribution < -0.4 is 4.98 Å². The SMILES string of the molecule is CC(C)(C)N[Si](C)(C)OC1=CCc2ccccc21. The van der Waals surface area contributed by atoms with E-state index < -0.39 is 8.48 Å². The Morgan fingerprint density at radius 2 is 1.83 bits per heavy atom. The summed E-state index contributed by atoms with van der Waals surface area (Å²) in [6, 6.07) is 8.49. The maximum absolute atomic E-state index is 6.29. The first-order chi connectivity index (χ1) is 8.27. The van der Waals surface area contributed by atoms with Gasteiger partial charge >= 0.3 is 8.48 Å². The number of rotatable bonds is 3. The Kier molecular flexibility index (Phi) is 3.38. The van der Waals surface area contributed by atoms with E-state index in [9.17, 15) is 0 Å². The van der Waals surface area contributed by atoms with Gasteiger partial charge in [-0.25, -0.2) is 0 Å². The van der Waals surface area contributed by atoms with Gasteiger partial charge < -0.3 is 9.41 Å². The highest BCUT2D eigenvalue weighted by molar-refractivity contribution is 6.69. The van der Waals surface area contributed by atoms with Crippen molar-refractivity contribution in [3.8, 4) is 0 Å². The molecule has 0 amide bonds. The molecule has 0 aliphatic heterocycles. The molecular weight excluding hydrogens is 238 g/mol. The molecule has 0 saturated heterocycles. The van der Waals surface area contributed by atoms with E-state index in [-0.39, 0.29) is 5.54 Å². The molecule has 2 rings (SSSR count). The molecule has 0 aromatic heterocycles. The monoisotopic (exact) mass is 261 g/mol. The van der Waals surface area contributed by atoms with Gasteiger partial charge in [0.05, 0.1) is 0 Å². The second-order valence-corrected chi connectivity index (χ2v) is 9.89. The van der Waals surface area contributed by atoms with Gasteiger partial charge in [0.2, 0.25) is 0 Å². The lowest BCUT2D eigenvalue weighted by Crippen LogP contribution is -2.56. The fourth-order valence-corrected chi connectivity index (χ4v) is 5.15. The van der Waals surface area contributed by atoms with Crippen LogP contribution >= 0.6 is 0 Å². The zero-order valence-electron chi connectivity index (χ0n) is 12.0. The molecule has 2 nitrogen and oxygen atoms in total. The second kappa shape index (κ2) is 4.56. The summed E-state index contributed by atoms with van der Waals surface area (Å²) < 4.78 is 6.29. The molecule has 1 N–H and O–H groups in total. The molecule has 0 fully saturated rings. The van der Waals surface area contributed by atoms with E-state index in [1.807, 2.05) is 0 Å². The van der Waals surface area contributed by atoms with Crippen LogP contribution in [-0.4, -0.2) is 14.0 Å². The van der Waals surface area contributed by atoms with E-state index in [1.54, 1.807) is 0 Å². The van der Waals surface area contributed by atoms with E-state index in [0.717, 1.165) is 12.2 Å². The minimum atomic E-state index is -1.89. The smallest absolute Gasteiger partial charge is 0.322 e. The first-order valence-corrected chi connectivity index (χ1v) is 9.44. The molecule has 0 heterocycles. The van der Waals surface area contributed by atoms with E-state index in [1.165, 1.54) is 11.1 Å². The summed E-state index contributed by atoms with van der Waals surface area (Å²) >= 11 is 0. The quantitative estimate of drug-likeness (QED) is 0.838. The molecular formula is C15H23NOSi. The van der Waals surface area contributed by atoms with Crippen LogP contribution in [0.3, 0.4) is 0 Å². The van der Waals surface area contributed by atoms with Crippen LogP contribution in [0.4, 0.5) is 0 Å². The summed E-state index contributed by atoms with van der Waals surface area (Å²) in [5, 5.41) is 0. The molecule has 1 aliphatic carbocycles. The Balaban J connectivity index is 2.12. The van der Waals surface area contributed by atoms with Crippen LogP contribution in [0.25, 0.3) is 5.76 Å². The Morgan fingerprint density at radius 1 is 1.17 bits per heavy atom. The Morgan fingerprint density at radius 3 is 2.50 bits per heavy atom. The zero-order valence-corrected chi connectivity index (χ0v) is 13.0. The number of hydrogen-bond donors (Lipinski definition) is 1. The first-order valence-electron chi connectivity index (χ1n) is 6.54. The number of allylic oxidation sites excluding steroid dienone is 1. The third-order valence-electron chi connectivity index (χ3n) is 2.83. The molecule has 0 spiro atoms. The zero-order chi connectivity index (χ0) is 13.4. The molecule has 98 valence electrons. The number of hydrogen-bond acceptors (Lipinski definition) is 2. The molecule has 3 heteroatoms. The van der Waals surface area contributed by atoms with Crippen LogP contribution in [0.5, 0.6) is 0 Å². The van der Waals surface area contributed by atoms with E-state index in [2.05, 4.69) is 69.2 Å². The van der Waals surface area contributed by atoms with Gasteiger partial charge in [0.1, 0.15) is 5.76 Å². The van der Waals surface area contributed by atoms with Crippen molar-refractivity contribution in [2.75, 3.05) is 0 Å². The predicted octanol–water partition coefficient (Wildman–Crippen LogP) is 3.69. The van der Waals surface area contributed by atoms with Gasteiger partial charge in [-0.3, -0.25) is 0 Å². The van der Waals surface area contributed by atoms with Crippen molar-refractivity contribution in [3.63, 3.8) is 0 Å². The first kappa shape index (κ1) is 13.4. The average Bonchev–Trinajstić information content (AvgIpc) is 2.57. The van der Waals surface area contributed by atoms with Crippen LogP contribution in [0.15, 0.2) is 30.3 Å². The van der Waals surface area contributed by atoms with Crippen molar-refractivity contribution in [3.05, 3.63) is 41.5 Å². The maximum atomic E-state index is 6.29. The molecule has 1 aliphatic rings. The van der Waals surface area contributed by atoms with Crippen molar-refractivity contribution in [2.45, 2.75) is 45.8 Å². The van der Waals surface area contributed by atoms with Gasteiger partial charge in [0.25, 0.3) is 0 Å². The molecule has 0 saturated carbocycles. The third kappa shape index (κ3) is 3.24. The summed E-state index contributed by atoms with van der Waals surface area (Å²) in [6.07, 6.45) is 3.19. The molecule has 0 radical (unpaired) electrons. The van der Waals surface area contributed by atoms with Gasteiger partial charge in [-0.2, -0.15) is 0 Å². The molecule has 0 atom stereocenters. The highest BCUT2D eigenvalue weighted by Crippen LogP contribution is 2.30. The highest BCUT2D eigenvalue weighted by Gasteiger charge is 2.32. The maximum Gasteiger partial charge on any atom is 0.322 e. The van der Waals surface area contributed by atoms with Gasteiger partial charge in [-0.05, 0) is 51.9 Å². The van der Waals surface area contributed by atoms with Crippen LogP contribution in [0.2, 0.25) is 13.1 Å². The van der Waals surface area contributed by atoms with Gasteiger partial charge in [0, 0.05) is 11.1 Å². The van der Waals surface area contributed by atoms with Crippen molar-refractivity contribution in [1.82, 2.24) is 4.98 Å². The van der Waals surface area contributed by atoms with Gasteiger partial charge in [0.15, 0.2) is 0 Å². The molecule has 18 heavy (non-hydrogen) atoms. The average molecular weight is 261 g/mol. The Hall–Kier alpha value is -1.06. The Bertz CT molecular complexity index is 472. The summed E-state index contributed by atoms with van der Waals surface area (Å²) in [7, 11) is -1.89. The molecule has 1 aromatic rings. The van der Waals surface area contributed by atoms with Crippen molar-refractivity contribution in [2.24, 2.45) is 0 Å². The largest absolute Gasteiger partial charge is 0.530 e. The second-order valence-electron chi connectivity index (χ2n) is 6.42. The summed E-state index contributed by atoms with van der Waals surface area (Å²) in [6.45, 7) is 11.0. The van der Waals surface area contributed by atoms with Crippen LogP contribution in [-0.2, 0) is 10.8 Å². The number of fused-ring (bicyclic) bond motifs is 1. The third-order valence-corrected chi connectivity index (χ3v) is 4.91. The Labute approximate surface area is 111 Å². The molecule has 0 unspecified atom stereocenters. The summed E-state index contributed by atoms with van der Waals surface area (Å²) in [5.74, 6) is 1.05. The minimum Gasteiger partial charge on any atom is -0.530 e. The van der Waals surface area contributed by atoms with E-state index >= 15 is 0 Å². The fourth-order valence-electron chi connectivity index (χ4n) is 2.55. The number of nitrogens with one attached hydrogen (secondary N) is 1. The summed E-state index contributed by atoms with van der Waals surface area (Å²) in [4.78, 5) is 3.63. The van der Waals surface area contributed by atoms with Gasteiger partial charge in [-0.15, -0.1) is 0 Å².